The third-order valence-corrected chi connectivity index (χ3v) is 8.02. The van der Waals surface area contributed by atoms with Crippen LogP contribution in [0.25, 0.3) is 79.5 Å². The molecule has 0 aliphatic carbocycles. The van der Waals surface area contributed by atoms with Gasteiger partial charge in [-0.15, -0.1) is 0 Å². The van der Waals surface area contributed by atoms with Crippen molar-refractivity contribution in [3.05, 3.63) is 170 Å². The third kappa shape index (κ3) is 7.15. The molecule has 8 aromatic rings. The first kappa shape index (κ1) is 30.8. The first-order valence-corrected chi connectivity index (χ1v) is 16.1. The number of hydrogen-bond acceptors (Lipinski definition) is 6. The average molecular weight is 641 g/mol. The second-order valence-corrected chi connectivity index (χ2v) is 11.2. The molecule has 0 atom stereocenters. The molecule has 233 valence electrons. The fourth-order valence-corrected chi connectivity index (χ4v) is 5.50. The van der Waals surface area contributed by atoms with E-state index >= 15 is 0 Å². The number of benzene rings is 6. The summed E-state index contributed by atoms with van der Waals surface area (Å²) in [6.45, 7) is 0. The summed E-state index contributed by atoms with van der Waals surface area (Å²) in [7, 11) is 5.14. The maximum absolute atomic E-state index is 5.86. The molecule has 0 amide bonds. The van der Waals surface area contributed by atoms with Crippen molar-refractivity contribution in [1.29, 1.82) is 1.34 Å². The molecule has 0 N–H and O–H groups in total. The van der Waals surface area contributed by atoms with Crippen molar-refractivity contribution >= 4 is 15.4 Å². The molecule has 3 radical (unpaired) electrons. The van der Waals surface area contributed by atoms with Crippen molar-refractivity contribution in [3.8, 4) is 79.5 Å². The molecule has 0 fully saturated rings. The minimum Gasteiger partial charge on any atom is -0.208 e. The van der Waals surface area contributed by atoms with Gasteiger partial charge in [-0.25, -0.2) is 29.9 Å². The van der Waals surface area contributed by atoms with Crippen molar-refractivity contribution in [2.24, 2.45) is 0 Å². The van der Waals surface area contributed by atoms with Crippen LogP contribution in [0, 0.1) is 0 Å². The Bertz CT molecular complexity index is 2050. The quantitative estimate of drug-likeness (QED) is 0.162. The van der Waals surface area contributed by atoms with Crippen LogP contribution in [0.2, 0.25) is 0 Å². The van der Waals surface area contributed by atoms with E-state index in [0.717, 1.165) is 52.2 Å². The van der Waals surface area contributed by atoms with Crippen molar-refractivity contribution in [3.63, 3.8) is 0 Å². The van der Waals surface area contributed by atoms with E-state index in [1.54, 1.807) is 0 Å². The highest BCUT2D eigenvalue weighted by Crippen LogP contribution is 2.29. The van der Waals surface area contributed by atoms with Gasteiger partial charge in [0.2, 0.25) is 0 Å². The highest BCUT2D eigenvalue weighted by molar-refractivity contribution is 6.75. The Kier molecular flexibility index (Phi) is 9.32. The lowest BCUT2D eigenvalue weighted by Gasteiger charge is -2.10. The Labute approximate surface area is 295 Å². The summed E-state index contributed by atoms with van der Waals surface area (Å²) in [5.74, 6) is 3.82. The Morgan fingerprint density at radius 1 is 0.280 bits per heavy atom. The zero-order valence-corrected chi connectivity index (χ0v) is 27.0. The van der Waals surface area contributed by atoms with Crippen molar-refractivity contribution in [2.45, 2.75) is 0 Å². The summed E-state index contributed by atoms with van der Waals surface area (Å²) in [4.78, 5) is 29.1. The van der Waals surface area contributed by atoms with Crippen LogP contribution in [-0.2, 0) is 0 Å². The molecule has 0 spiro atoms. The highest BCUT2D eigenvalue weighted by atomic mass is 15.0. The molecule has 8 rings (SSSR count). The summed E-state index contributed by atoms with van der Waals surface area (Å²) >= 11 is 0. The lowest BCUT2D eigenvalue weighted by Crippen LogP contribution is -2.00. The fraction of sp³-hybridized carbons (Fsp3) is 0. The molecule has 0 saturated heterocycles. The van der Waals surface area contributed by atoms with Gasteiger partial charge in [0, 0.05) is 48.8 Å². The molecule has 0 aliphatic heterocycles. The Balaban J connectivity index is 0.00000131. The van der Waals surface area contributed by atoms with Crippen LogP contribution >= 0.6 is 0 Å². The molecular formula is C42H29B2N6. The van der Waals surface area contributed by atoms with E-state index in [9.17, 15) is 0 Å². The molecule has 8 heteroatoms. The maximum Gasteiger partial charge on any atom is 0.164 e. The van der Waals surface area contributed by atoms with E-state index in [1.807, 2.05) is 121 Å². The molecule has 50 heavy (non-hydrogen) atoms. The molecule has 2 heterocycles. The van der Waals surface area contributed by atoms with E-state index < -0.39 is 0 Å². The zero-order valence-electron chi connectivity index (χ0n) is 28.0. The minimum atomic E-state index is 0.628. The monoisotopic (exact) mass is 641 g/mol. The van der Waals surface area contributed by atoms with Gasteiger partial charge < -0.3 is 0 Å². The topological polar surface area (TPSA) is 77.3 Å². The molecule has 6 aromatic carbocycles. The summed E-state index contributed by atoms with van der Waals surface area (Å²) in [5.41, 5.74) is 7.77. The Morgan fingerprint density at radius 3 is 0.640 bits per heavy atom. The van der Waals surface area contributed by atoms with Crippen LogP contribution < -0.4 is 0 Å². The molecule has 0 saturated carbocycles. The predicted octanol–water partition coefficient (Wildman–Crippen LogP) is 8.70. The molecule has 0 unspecified atom stereocenters. The van der Waals surface area contributed by atoms with Crippen LogP contribution in [0.3, 0.4) is 0 Å². The average Bonchev–Trinajstić information content (AvgIpc) is 3.22. The largest absolute Gasteiger partial charge is 0.208 e. The van der Waals surface area contributed by atoms with Gasteiger partial charge in [-0.05, 0) is 12.5 Å². The summed E-state index contributed by atoms with van der Waals surface area (Å²) in [5, 5.41) is 0. The number of hydrogen-bond donors (Lipinski definition) is 0. The normalized spacial score (nSPS) is 10.8. The molecule has 0 aliphatic rings. The fourth-order valence-electron chi connectivity index (χ4n) is 5.50. The molecule has 0 bridgehead atoms. The van der Waals surface area contributed by atoms with Gasteiger partial charge in [-0.1, -0.05) is 170 Å². The zero-order chi connectivity index (χ0) is 34.8. The smallest absolute Gasteiger partial charge is 0.164 e. The van der Waals surface area contributed by atoms with Crippen molar-refractivity contribution < 1.29 is 0 Å². The molecular weight excluding hydrogens is 610 g/mol. The van der Waals surface area contributed by atoms with Crippen LogP contribution in [0.15, 0.2) is 170 Å². The summed E-state index contributed by atoms with van der Waals surface area (Å²) in [6, 6.07) is 56.7. The van der Waals surface area contributed by atoms with E-state index in [0.29, 0.717) is 34.9 Å². The molecule has 2 aromatic heterocycles. The van der Waals surface area contributed by atoms with E-state index in [2.05, 4.69) is 56.3 Å². The van der Waals surface area contributed by atoms with Crippen LogP contribution in [0.4, 0.5) is 0 Å². The second kappa shape index (κ2) is 15.1. The lowest BCUT2D eigenvalue weighted by atomic mass is 9.81. The maximum atomic E-state index is 5.86. The van der Waals surface area contributed by atoms with Crippen LogP contribution in [0.1, 0.15) is 0 Å². The Hall–Kier alpha value is -6.53. The van der Waals surface area contributed by atoms with Gasteiger partial charge in [0.1, 0.15) is 0 Å². The van der Waals surface area contributed by atoms with Crippen molar-refractivity contribution in [2.75, 3.05) is 0 Å². The van der Waals surface area contributed by atoms with Crippen molar-refractivity contribution in [1.82, 2.24) is 29.9 Å². The lowest BCUT2D eigenvalue weighted by molar-refractivity contribution is 1.07. The third-order valence-electron chi connectivity index (χ3n) is 8.02. The van der Waals surface area contributed by atoms with Gasteiger partial charge in [-0.3, -0.25) is 0 Å². The van der Waals surface area contributed by atoms with Gasteiger partial charge in [-0.2, -0.15) is 0 Å². The predicted molar refractivity (Wildman–Crippen MR) is 204 cm³/mol. The first-order valence-electron chi connectivity index (χ1n) is 16.6. The number of aromatic nitrogens is 6. The second-order valence-electron chi connectivity index (χ2n) is 11.2. The summed E-state index contributed by atoms with van der Waals surface area (Å²) in [6.07, 6.45) is 0. The number of nitrogens with zero attached hydrogens (tertiary/aromatic N) is 6. The highest BCUT2D eigenvalue weighted by Gasteiger charge is 2.14. The SMILES string of the molecule is [3H][B][B].c1ccc(-c2nc(-c3ccccc3)nc(-c3ccc(-c4ccc(-c5nc(-c6ccccc6)nc(-c6ccccc6)n5)cc4)cc3)n2)cc1. The summed E-state index contributed by atoms with van der Waals surface area (Å²) < 4.78 is 5.86. The minimum absolute atomic E-state index is 0.628. The van der Waals surface area contributed by atoms with Crippen LogP contribution in [0.5, 0.6) is 0 Å². The number of rotatable bonds is 7. The van der Waals surface area contributed by atoms with Gasteiger partial charge in [0.15, 0.2) is 34.9 Å². The van der Waals surface area contributed by atoms with Gasteiger partial charge in [0.25, 0.3) is 0 Å². The van der Waals surface area contributed by atoms with E-state index in [1.165, 1.54) is 0 Å². The first-order chi connectivity index (χ1) is 25.2. The Morgan fingerprint density at radius 2 is 0.440 bits per heavy atom. The van der Waals surface area contributed by atoms with Gasteiger partial charge >= 0.3 is 0 Å². The van der Waals surface area contributed by atoms with E-state index in [4.69, 9.17) is 31.2 Å². The van der Waals surface area contributed by atoms with Crippen LogP contribution in [-0.4, -0.2) is 46.7 Å². The van der Waals surface area contributed by atoms with Gasteiger partial charge in [0.05, 0.1) is 0 Å². The standard InChI is InChI=1S/C42H28N6.B2H/c1-5-13-31(14-6-1)37-43-38(32-15-7-2-8-16-32)46-41(45-37)35-25-21-29(22-26-35)30-23-27-36(28-24-30)42-47-39(33-17-9-3-10-18-33)44-40(48-42)34-19-11-4-12-20-34;1-2/h1-28H;1H/i;1T. The van der Waals surface area contributed by atoms with E-state index in [-0.39, 0.29) is 0 Å². The molecule has 6 nitrogen and oxygen atoms in total.